The molecule has 1 saturated heterocycles. The van der Waals surface area contributed by atoms with E-state index in [1.54, 1.807) is 9.47 Å². The molecular weight excluding hydrogens is 472 g/mol. The van der Waals surface area contributed by atoms with Gasteiger partial charge in [-0.2, -0.15) is 0 Å². The van der Waals surface area contributed by atoms with E-state index < -0.39 is 33.7 Å². The third kappa shape index (κ3) is 3.15. The van der Waals surface area contributed by atoms with Crippen molar-refractivity contribution in [1.29, 1.82) is 0 Å². The molecule has 180 valence electrons. The molecule has 2 aromatic rings. The molecule has 8 nitrogen and oxygen atoms in total. The normalized spacial score (nSPS) is 25.1. The zero-order valence-corrected chi connectivity index (χ0v) is 19.2. The highest BCUT2D eigenvalue weighted by atomic mass is 35.5. The lowest BCUT2D eigenvalue weighted by Crippen LogP contribution is -2.56. The minimum atomic E-state index is -0.993. The molecule has 3 atom stereocenters. The molecule has 3 aliphatic rings. The first kappa shape index (κ1) is 22.8. The number of carbonyl (C=O) groups excluding carboxylic acids is 2. The van der Waals surface area contributed by atoms with Crippen molar-refractivity contribution in [3.05, 3.63) is 62.0 Å². The molecule has 3 heterocycles. The van der Waals surface area contributed by atoms with Crippen molar-refractivity contribution in [3.63, 3.8) is 0 Å². The Labute approximate surface area is 198 Å². The molecular formula is C23H22ClF2N3O5. The summed E-state index contributed by atoms with van der Waals surface area (Å²) in [5.74, 6) is -3.31. The van der Waals surface area contributed by atoms with Crippen molar-refractivity contribution in [2.75, 3.05) is 13.7 Å². The number of nitrogens with one attached hydrogen (secondary N) is 1. The zero-order valence-electron chi connectivity index (χ0n) is 18.5. The number of hydrogen-bond acceptors (Lipinski definition) is 5. The predicted octanol–water partition coefficient (Wildman–Crippen LogP) is 3.01. The molecule has 1 N–H and O–H groups in total. The third-order valence-corrected chi connectivity index (χ3v) is 7.16. The smallest absolute Gasteiger partial charge is 0.276 e. The summed E-state index contributed by atoms with van der Waals surface area (Å²) in [6, 6.07) is 1.86. The molecule has 34 heavy (non-hydrogen) atoms. The maximum atomic E-state index is 14.2. The van der Waals surface area contributed by atoms with Crippen molar-refractivity contribution in [3.8, 4) is 5.75 Å². The van der Waals surface area contributed by atoms with E-state index in [-0.39, 0.29) is 47.2 Å². The van der Waals surface area contributed by atoms with Crippen molar-refractivity contribution in [2.24, 2.45) is 0 Å². The van der Waals surface area contributed by atoms with Gasteiger partial charge >= 0.3 is 0 Å². The summed E-state index contributed by atoms with van der Waals surface area (Å²) < 4.78 is 40.8. The number of fused-ring (bicyclic) bond motifs is 2. The summed E-state index contributed by atoms with van der Waals surface area (Å²) in [5.41, 5.74) is -1.80. The van der Waals surface area contributed by atoms with Crippen LogP contribution in [0.1, 0.15) is 58.6 Å². The Morgan fingerprint density at radius 3 is 2.85 bits per heavy atom. The average Bonchev–Trinajstić information content (AvgIpc) is 3.39. The number of hydrogen-bond donors (Lipinski definition) is 1. The van der Waals surface area contributed by atoms with Gasteiger partial charge in [-0.15, -0.1) is 0 Å². The van der Waals surface area contributed by atoms with Gasteiger partial charge in [-0.1, -0.05) is 17.7 Å². The van der Waals surface area contributed by atoms with Crippen molar-refractivity contribution < 1.29 is 27.8 Å². The molecule has 1 spiro atoms. The van der Waals surface area contributed by atoms with Crippen LogP contribution in [0.25, 0.3) is 0 Å². The molecule has 1 aromatic heterocycles. The van der Waals surface area contributed by atoms with E-state index in [0.29, 0.717) is 19.4 Å². The second kappa shape index (κ2) is 8.06. The fraction of sp³-hybridized carbons (Fsp3) is 0.435. The van der Waals surface area contributed by atoms with Crippen LogP contribution in [0.2, 0.25) is 5.02 Å². The lowest BCUT2D eigenvalue weighted by Gasteiger charge is -2.44. The van der Waals surface area contributed by atoms with E-state index in [0.717, 1.165) is 18.6 Å². The first-order chi connectivity index (χ1) is 16.2. The Morgan fingerprint density at radius 2 is 2.12 bits per heavy atom. The molecule has 5 rings (SSSR count). The topological polar surface area (TPSA) is 89.9 Å². The molecule has 2 aliphatic heterocycles. The van der Waals surface area contributed by atoms with Crippen molar-refractivity contribution >= 4 is 23.4 Å². The summed E-state index contributed by atoms with van der Waals surface area (Å²) in [4.78, 5) is 41.2. The Morgan fingerprint density at radius 1 is 1.35 bits per heavy atom. The number of nitrogens with zero attached hydrogens (tertiary/aromatic N) is 2. The van der Waals surface area contributed by atoms with Gasteiger partial charge < -0.3 is 24.3 Å². The van der Waals surface area contributed by atoms with Crippen LogP contribution in [-0.4, -0.2) is 46.8 Å². The van der Waals surface area contributed by atoms with Crippen LogP contribution in [0, 0.1) is 11.6 Å². The SMILES string of the molecule is COc1c2n(cc(C(=O)NCc3ccc(F)c(Cl)c3F)c1=O)[C@H]1CCC[C@]13O[C@H](C)CN3C2=O. The van der Waals surface area contributed by atoms with Crippen LogP contribution in [0.4, 0.5) is 8.78 Å². The van der Waals surface area contributed by atoms with Gasteiger partial charge in [0.25, 0.3) is 11.8 Å². The molecule has 0 bridgehead atoms. The van der Waals surface area contributed by atoms with Gasteiger partial charge in [-0.3, -0.25) is 14.4 Å². The van der Waals surface area contributed by atoms with Crippen LogP contribution in [-0.2, 0) is 11.3 Å². The van der Waals surface area contributed by atoms with E-state index in [4.69, 9.17) is 21.1 Å². The minimum Gasteiger partial charge on any atom is -0.491 e. The summed E-state index contributed by atoms with van der Waals surface area (Å²) in [6.07, 6.45) is 3.32. The van der Waals surface area contributed by atoms with Gasteiger partial charge in [-0.05, 0) is 32.3 Å². The second-order valence-electron chi connectivity index (χ2n) is 8.78. The highest BCUT2D eigenvalue weighted by Gasteiger charge is 2.60. The number of amides is 2. The molecule has 0 radical (unpaired) electrons. The van der Waals surface area contributed by atoms with Crippen LogP contribution in [0.15, 0.2) is 23.1 Å². The monoisotopic (exact) mass is 493 g/mol. The van der Waals surface area contributed by atoms with E-state index in [9.17, 15) is 23.2 Å². The van der Waals surface area contributed by atoms with Crippen LogP contribution >= 0.6 is 11.6 Å². The number of halogens is 3. The first-order valence-corrected chi connectivity index (χ1v) is 11.3. The number of methoxy groups -OCH3 is 1. The Kier molecular flexibility index (Phi) is 5.40. The van der Waals surface area contributed by atoms with Crippen molar-refractivity contribution in [2.45, 2.75) is 50.6 Å². The molecule has 0 unspecified atom stereocenters. The maximum Gasteiger partial charge on any atom is 0.276 e. The van der Waals surface area contributed by atoms with Crippen molar-refractivity contribution in [1.82, 2.24) is 14.8 Å². The van der Waals surface area contributed by atoms with Gasteiger partial charge in [0.05, 0.1) is 19.3 Å². The fourth-order valence-corrected chi connectivity index (χ4v) is 5.56. The quantitative estimate of drug-likeness (QED) is 0.661. The summed E-state index contributed by atoms with van der Waals surface area (Å²) >= 11 is 5.60. The van der Waals surface area contributed by atoms with Crippen LogP contribution < -0.4 is 15.5 Å². The number of ether oxygens (including phenoxy) is 2. The number of benzene rings is 1. The molecule has 2 amide bonds. The van der Waals surface area contributed by atoms with E-state index in [1.165, 1.54) is 13.3 Å². The summed E-state index contributed by atoms with van der Waals surface area (Å²) in [6.45, 7) is 1.97. The number of rotatable bonds is 4. The second-order valence-corrected chi connectivity index (χ2v) is 9.15. The van der Waals surface area contributed by atoms with E-state index in [1.807, 2.05) is 6.92 Å². The minimum absolute atomic E-state index is 0.0429. The van der Waals surface area contributed by atoms with E-state index >= 15 is 0 Å². The van der Waals surface area contributed by atoms with Gasteiger partial charge in [0, 0.05) is 24.8 Å². The fourth-order valence-electron chi connectivity index (χ4n) is 5.38. The highest BCUT2D eigenvalue weighted by molar-refractivity contribution is 6.30. The standard InChI is InChI=1S/C23H22ClF2N3O5/c1-11-9-29-22(32)18-20(33-2)19(30)13(10-28(18)15-4-3-7-23(15,29)34-11)21(31)27-8-12-5-6-14(25)16(24)17(12)26/h5-6,10-11,15H,3-4,7-9H2,1-2H3,(H,27,31)/t11-,15+,23+/m1/s1. The summed E-state index contributed by atoms with van der Waals surface area (Å²) in [7, 11) is 1.27. The molecule has 2 fully saturated rings. The number of aromatic nitrogens is 1. The predicted molar refractivity (Wildman–Crippen MR) is 117 cm³/mol. The molecule has 1 aromatic carbocycles. The Hall–Kier alpha value is -2.98. The summed E-state index contributed by atoms with van der Waals surface area (Å²) in [5, 5.41) is 1.79. The zero-order chi connectivity index (χ0) is 24.4. The van der Waals surface area contributed by atoms with Crippen LogP contribution in [0.3, 0.4) is 0 Å². The average molecular weight is 494 g/mol. The van der Waals surface area contributed by atoms with Gasteiger partial charge in [0.15, 0.2) is 17.2 Å². The number of pyridine rings is 1. The lowest BCUT2D eigenvalue weighted by atomic mass is 9.99. The van der Waals surface area contributed by atoms with Gasteiger partial charge in [0.1, 0.15) is 22.2 Å². The van der Waals surface area contributed by atoms with Gasteiger partial charge in [-0.25, -0.2) is 8.78 Å². The van der Waals surface area contributed by atoms with E-state index in [2.05, 4.69) is 5.32 Å². The van der Waals surface area contributed by atoms with Gasteiger partial charge in [0.2, 0.25) is 5.43 Å². The molecule has 1 saturated carbocycles. The first-order valence-electron chi connectivity index (χ1n) is 10.9. The number of carbonyl (C=O) groups is 2. The lowest BCUT2D eigenvalue weighted by molar-refractivity contribution is -0.116. The maximum absolute atomic E-state index is 14.2. The van der Waals surface area contributed by atoms with Crippen LogP contribution in [0.5, 0.6) is 5.75 Å². The highest BCUT2D eigenvalue weighted by Crippen LogP contribution is 2.52. The molecule has 11 heteroatoms. The Balaban J connectivity index is 1.54. The largest absolute Gasteiger partial charge is 0.491 e. The third-order valence-electron chi connectivity index (χ3n) is 6.81. The Bertz CT molecular complexity index is 1280. The molecule has 1 aliphatic carbocycles.